The maximum Gasteiger partial charge on any atom is 0.306 e. The Balaban J connectivity index is 2.71. The van der Waals surface area contributed by atoms with Gasteiger partial charge in [-0.2, -0.15) is 0 Å². The van der Waals surface area contributed by atoms with Crippen LogP contribution in [0.3, 0.4) is 0 Å². The lowest BCUT2D eigenvalue weighted by Crippen LogP contribution is -2.05. The van der Waals surface area contributed by atoms with Crippen molar-refractivity contribution in [2.24, 2.45) is 0 Å². The number of esters is 1. The van der Waals surface area contributed by atoms with E-state index >= 15 is 0 Å². The molecule has 18 heavy (non-hydrogen) atoms. The van der Waals surface area contributed by atoms with Gasteiger partial charge in [0.1, 0.15) is 5.75 Å². The minimum atomic E-state index is -2.57. The summed E-state index contributed by atoms with van der Waals surface area (Å²) in [5, 5.41) is 0. The normalized spacial score (nSPS) is 10.5. The van der Waals surface area contributed by atoms with Crippen LogP contribution in [0.2, 0.25) is 0 Å². The summed E-state index contributed by atoms with van der Waals surface area (Å²) >= 11 is 0. The first kappa shape index (κ1) is 14.4. The highest BCUT2D eigenvalue weighted by molar-refractivity contribution is 5.69. The molecular formula is C13H16F2O3. The van der Waals surface area contributed by atoms with Crippen molar-refractivity contribution in [3.8, 4) is 5.75 Å². The number of methoxy groups -OCH3 is 1. The third-order valence-electron chi connectivity index (χ3n) is 2.46. The minimum absolute atomic E-state index is 0.141. The number of carbonyl (C=O) groups excluding carboxylic acids is 1. The summed E-state index contributed by atoms with van der Waals surface area (Å²) in [4.78, 5) is 11.2. The van der Waals surface area contributed by atoms with Crippen molar-refractivity contribution >= 4 is 5.97 Å². The molecule has 1 aromatic rings. The second-order valence-corrected chi connectivity index (χ2v) is 3.68. The quantitative estimate of drug-likeness (QED) is 0.735. The Morgan fingerprint density at radius 3 is 2.67 bits per heavy atom. The molecule has 0 aliphatic carbocycles. The SMILES string of the molecule is CCOC(=O)CCc1ccc(C(F)F)c(OC)c1. The molecule has 0 aliphatic rings. The molecule has 5 heteroatoms. The van der Waals surface area contributed by atoms with Crippen LogP contribution in [-0.4, -0.2) is 19.7 Å². The first-order valence-corrected chi connectivity index (χ1v) is 5.69. The second kappa shape index (κ2) is 6.93. The van der Waals surface area contributed by atoms with Gasteiger partial charge in [0.05, 0.1) is 19.3 Å². The van der Waals surface area contributed by atoms with Gasteiger partial charge in [0.25, 0.3) is 6.43 Å². The number of carbonyl (C=O) groups is 1. The highest BCUT2D eigenvalue weighted by Gasteiger charge is 2.14. The van der Waals surface area contributed by atoms with Crippen molar-refractivity contribution in [1.82, 2.24) is 0 Å². The van der Waals surface area contributed by atoms with Crippen molar-refractivity contribution in [2.75, 3.05) is 13.7 Å². The Hall–Kier alpha value is -1.65. The standard InChI is InChI=1S/C13H16F2O3/c1-3-18-12(16)7-5-9-4-6-10(13(14)15)11(8-9)17-2/h4,6,8,13H,3,5,7H2,1-2H3. The zero-order chi connectivity index (χ0) is 13.5. The number of ether oxygens (including phenoxy) is 2. The Kier molecular flexibility index (Phi) is 5.55. The molecule has 0 unspecified atom stereocenters. The second-order valence-electron chi connectivity index (χ2n) is 3.68. The van der Waals surface area contributed by atoms with Crippen LogP contribution in [0.5, 0.6) is 5.75 Å². The maximum absolute atomic E-state index is 12.6. The molecule has 0 spiro atoms. The molecule has 0 heterocycles. The van der Waals surface area contributed by atoms with E-state index in [1.54, 1.807) is 13.0 Å². The molecule has 0 bridgehead atoms. The van der Waals surface area contributed by atoms with Gasteiger partial charge < -0.3 is 9.47 Å². The summed E-state index contributed by atoms with van der Waals surface area (Å²) in [7, 11) is 1.34. The van der Waals surface area contributed by atoms with Crippen LogP contribution in [0.25, 0.3) is 0 Å². The van der Waals surface area contributed by atoms with E-state index in [1.165, 1.54) is 19.2 Å². The van der Waals surface area contributed by atoms with Gasteiger partial charge in [-0.3, -0.25) is 4.79 Å². The minimum Gasteiger partial charge on any atom is -0.496 e. The first-order valence-electron chi connectivity index (χ1n) is 5.69. The molecule has 0 amide bonds. The highest BCUT2D eigenvalue weighted by atomic mass is 19.3. The summed E-state index contributed by atoms with van der Waals surface area (Å²) in [5.74, 6) is -0.152. The van der Waals surface area contributed by atoms with Gasteiger partial charge in [0.15, 0.2) is 0 Å². The molecule has 1 aromatic carbocycles. The highest BCUT2D eigenvalue weighted by Crippen LogP contribution is 2.29. The van der Waals surface area contributed by atoms with Crippen LogP contribution in [0.4, 0.5) is 8.78 Å². The molecule has 3 nitrogen and oxygen atoms in total. The van der Waals surface area contributed by atoms with Gasteiger partial charge in [-0.05, 0) is 31.0 Å². The van der Waals surface area contributed by atoms with E-state index in [0.29, 0.717) is 13.0 Å². The predicted octanol–water partition coefficient (Wildman–Crippen LogP) is 3.13. The van der Waals surface area contributed by atoms with Crippen molar-refractivity contribution in [1.29, 1.82) is 0 Å². The van der Waals surface area contributed by atoms with Gasteiger partial charge in [-0.15, -0.1) is 0 Å². The molecule has 1 rings (SSSR count). The van der Waals surface area contributed by atoms with Crippen molar-refractivity contribution < 1.29 is 23.0 Å². The molecule has 0 N–H and O–H groups in total. The lowest BCUT2D eigenvalue weighted by atomic mass is 10.1. The average Bonchev–Trinajstić information content (AvgIpc) is 2.36. The predicted molar refractivity (Wildman–Crippen MR) is 62.9 cm³/mol. The topological polar surface area (TPSA) is 35.5 Å². The van der Waals surface area contributed by atoms with Gasteiger partial charge >= 0.3 is 5.97 Å². The summed E-state index contributed by atoms with van der Waals surface area (Å²) in [6.45, 7) is 2.07. The molecular weight excluding hydrogens is 242 g/mol. The number of alkyl halides is 2. The molecule has 0 atom stereocenters. The number of halogens is 2. The van der Waals surface area contributed by atoms with Crippen LogP contribution in [0.15, 0.2) is 18.2 Å². The van der Waals surface area contributed by atoms with Crippen LogP contribution < -0.4 is 4.74 Å². The molecule has 0 saturated carbocycles. The van der Waals surface area contributed by atoms with Gasteiger partial charge in [-0.1, -0.05) is 6.07 Å². The van der Waals surface area contributed by atoms with E-state index in [1.807, 2.05) is 0 Å². The number of rotatable bonds is 6. The maximum atomic E-state index is 12.6. The van der Waals surface area contributed by atoms with E-state index in [0.717, 1.165) is 5.56 Å². The number of hydrogen-bond acceptors (Lipinski definition) is 3. The Bertz CT molecular complexity index is 405. The first-order chi connectivity index (χ1) is 8.58. The number of hydrogen-bond donors (Lipinski definition) is 0. The van der Waals surface area contributed by atoms with Gasteiger partial charge in [0.2, 0.25) is 0 Å². The summed E-state index contributed by atoms with van der Waals surface area (Å²) in [6, 6.07) is 4.42. The van der Waals surface area contributed by atoms with Crippen LogP contribution in [-0.2, 0) is 16.0 Å². The third kappa shape index (κ3) is 3.98. The zero-order valence-corrected chi connectivity index (χ0v) is 10.4. The lowest BCUT2D eigenvalue weighted by molar-refractivity contribution is -0.143. The molecule has 0 aliphatic heterocycles. The Labute approximate surface area is 105 Å². The number of benzene rings is 1. The summed E-state index contributed by atoms with van der Waals surface area (Å²) in [5.41, 5.74) is 0.627. The van der Waals surface area contributed by atoms with Crippen LogP contribution in [0.1, 0.15) is 30.9 Å². The molecule has 0 fully saturated rings. The van der Waals surface area contributed by atoms with E-state index < -0.39 is 6.43 Å². The van der Waals surface area contributed by atoms with Crippen molar-refractivity contribution in [2.45, 2.75) is 26.2 Å². The van der Waals surface area contributed by atoms with E-state index in [2.05, 4.69) is 0 Å². The zero-order valence-electron chi connectivity index (χ0n) is 10.4. The Morgan fingerprint density at radius 1 is 1.39 bits per heavy atom. The van der Waals surface area contributed by atoms with E-state index in [-0.39, 0.29) is 23.7 Å². The number of aryl methyl sites for hydroxylation is 1. The molecule has 0 aromatic heterocycles. The molecule has 100 valence electrons. The fourth-order valence-corrected chi connectivity index (χ4v) is 1.57. The van der Waals surface area contributed by atoms with Gasteiger partial charge in [-0.25, -0.2) is 8.78 Å². The average molecular weight is 258 g/mol. The van der Waals surface area contributed by atoms with Crippen LogP contribution in [0, 0.1) is 0 Å². The molecule has 0 saturated heterocycles. The smallest absolute Gasteiger partial charge is 0.306 e. The lowest BCUT2D eigenvalue weighted by Gasteiger charge is -2.10. The third-order valence-corrected chi connectivity index (χ3v) is 2.46. The fraction of sp³-hybridized carbons (Fsp3) is 0.462. The fourth-order valence-electron chi connectivity index (χ4n) is 1.57. The van der Waals surface area contributed by atoms with Crippen LogP contribution >= 0.6 is 0 Å². The summed E-state index contributed by atoms with van der Waals surface area (Å²) in [6.07, 6.45) is -1.90. The van der Waals surface area contributed by atoms with Crippen molar-refractivity contribution in [3.05, 3.63) is 29.3 Å². The van der Waals surface area contributed by atoms with E-state index in [9.17, 15) is 13.6 Å². The summed E-state index contributed by atoms with van der Waals surface area (Å²) < 4.78 is 34.9. The largest absolute Gasteiger partial charge is 0.496 e. The Morgan fingerprint density at radius 2 is 2.11 bits per heavy atom. The monoisotopic (exact) mass is 258 g/mol. The van der Waals surface area contributed by atoms with Crippen molar-refractivity contribution in [3.63, 3.8) is 0 Å². The molecule has 0 radical (unpaired) electrons. The van der Waals surface area contributed by atoms with E-state index in [4.69, 9.17) is 9.47 Å². The van der Waals surface area contributed by atoms with Gasteiger partial charge in [0, 0.05) is 6.42 Å².